The van der Waals surface area contributed by atoms with Crippen molar-refractivity contribution in [1.29, 1.82) is 0 Å². The van der Waals surface area contributed by atoms with E-state index in [2.05, 4.69) is 26.8 Å². The molecule has 1 saturated carbocycles. The molecular weight excluding hydrogens is 386 g/mol. The normalized spacial score (nSPS) is 29.7. The van der Waals surface area contributed by atoms with Gasteiger partial charge in [0.1, 0.15) is 0 Å². The second-order valence-corrected chi connectivity index (χ2v) is 8.74. The van der Waals surface area contributed by atoms with E-state index in [4.69, 9.17) is 9.90 Å². The lowest BCUT2D eigenvalue weighted by Crippen LogP contribution is -2.55. The third kappa shape index (κ3) is 5.80. The van der Waals surface area contributed by atoms with Crippen LogP contribution in [-0.2, 0) is 16.1 Å². The Kier molecular flexibility index (Phi) is 8.24. The standard InChI is InChI=1S/C20H33N5O2.CH2O2/c1-22-8-10-23(11-9-22)18-12-16-14-24(15-17(16)13-19(18)26)20(27)4-2-6-25-7-3-5-21-25;2-1-3/h3,5,7,16-19,26H,2,4,6,8-15H2,1H3;1H,(H,2,3)/t16-,17+,18-,19-;/m1./s1. The van der Waals surface area contributed by atoms with E-state index in [1.54, 1.807) is 6.20 Å². The summed E-state index contributed by atoms with van der Waals surface area (Å²) in [6.45, 7) is 6.51. The predicted molar refractivity (Wildman–Crippen MR) is 112 cm³/mol. The summed E-state index contributed by atoms with van der Waals surface area (Å²) >= 11 is 0. The van der Waals surface area contributed by atoms with Gasteiger partial charge in [0, 0.05) is 70.7 Å². The molecule has 0 bridgehead atoms. The number of hydrogen-bond donors (Lipinski definition) is 2. The molecule has 2 aliphatic heterocycles. The van der Waals surface area contributed by atoms with Crippen LogP contribution >= 0.6 is 0 Å². The predicted octanol–water partition coefficient (Wildman–Crippen LogP) is 0.209. The maximum atomic E-state index is 12.6. The number of aryl methyl sites for hydroxylation is 1. The van der Waals surface area contributed by atoms with E-state index in [1.807, 2.05) is 16.9 Å². The van der Waals surface area contributed by atoms with Gasteiger partial charge in [-0.2, -0.15) is 5.10 Å². The molecular formula is C21H35N5O4. The minimum Gasteiger partial charge on any atom is -0.483 e. The van der Waals surface area contributed by atoms with Gasteiger partial charge in [-0.1, -0.05) is 0 Å². The van der Waals surface area contributed by atoms with Crippen molar-refractivity contribution in [1.82, 2.24) is 24.5 Å². The third-order valence-electron chi connectivity index (χ3n) is 6.81. The van der Waals surface area contributed by atoms with Gasteiger partial charge in [-0.25, -0.2) is 0 Å². The van der Waals surface area contributed by atoms with E-state index in [0.717, 1.165) is 65.1 Å². The van der Waals surface area contributed by atoms with Crippen molar-refractivity contribution in [3.63, 3.8) is 0 Å². The third-order valence-corrected chi connectivity index (χ3v) is 6.81. The highest BCUT2D eigenvalue weighted by atomic mass is 16.3. The summed E-state index contributed by atoms with van der Waals surface area (Å²) in [5.74, 6) is 1.29. The van der Waals surface area contributed by atoms with Gasteiger partial charge in [0.25, 0.3) is 6.47 Å². The van der Waals surface area contributed by atoms with Gasteiger partial charge in [0.15, 0.2) is 0 Å². The topological polar surface area (TPSA) is 102 Å². The number of nitrogens with zero attached hydrogens (tertiary/aromatic N) is 5. The monoisotopic (exact) mass is 421 g/mol. The number of piperazine rings is 1. The number of hydrogen-bond acceptors (Lipinski definition) is 6. The van der Waals surface area contributed by atoms with Crippen LogP contribution in [0.25, 0.3) is 0 Å². The second-order valence-electron chi connectivity index (χ2n) is 8.74. The number of rotatable bonds is 5. The Balaban J connectivity index is 0.000000806. The van der Waals surface area contributed by atoms with E-state index in [1.165, 1.54) is 0 Å². The van der Waals surface area contributed by atoms with Crippen molar-refractivity contribution < 1.29 is 19.8 Å². The van der Waals surface area contributed by atoms with Crippen molar-refractivity contribution in [2.75, 3.05) is 46.3 Å². The molecule has 1 amide bonds. The molecule has 0 spiro atoms. The number of aliphatic hydroxyl groups excluding tert-OH is 1. The maximum Gasteiger partial charge on any atom is 0.290 e. The number of carbonyl (C=O) groups is 2. The molecule has 3 aliphatic rings. The molecule has 1 aliphatic carbocycles. The van der Waals surface area contributed by atoms with Gasteiger partial charge in [0.2, 0.25) is 5.91 Å². The fourth-order valence-electron chi connectivity index (χ4n) is 5.14. The van der Waals surface area contributed by atoms with Gasteiger partial charge < -0.3 is 20.0 Å². The average molecular weight is 422 g/mol. The van der Waals surface area contributed by atoms with Crippen molar-refractivity contribution in [2.45, 2.75) is 44.4 Å². The molecule has 0 radical (unpaired) electrons. The summed E-state index contributed by atoms with van der Waals surface area (Å²) in [6, 6.07) is 2.18. The molecule has 3 heterocycles. The number of amides is 1. The van der Waals surface area contributed by atoms with Crippen LogP contribution in [0.3, 0.4) is 0 Å². The molecule has 2 saturated heterocycles. The lowest BCUT2D eigenvalue weighted by Gasteiger charge is -2.44. The molecule has 4 rings (SSSR count). The minimum absolute atomic E-state index is 0.246. The summed E-state index contributed by atoms with van der Waals surface area (Å²) < 4.78 is 1.88. The average Bonchev–Trinajstić information content (AvgIpc) is 3.38. The fourth-order valence-corrected chi connectivity index (χ4v) is 5.14. The summed E-state index contributed by atoms with van der Waals surface area (Å²) in [6.07, 6.45) is 6.77. The highest BCUT2D eigenvalue weighted by molar-refractivity contribution is 5.76. The first-order chi connectivity index (χ1) is 14.5. The molecule has 3 fully saturated rings. The van der Waals surface area contributed by atoms with Crippen LogP contribution in [0.15, 0.2) is 18.5 Å². The van der Waals surface area contributed by atoms with Crippen LogP contribution in [0.4, 0.5) is 0 Å². The molecule has 0 aromatic carbocycles. The number of fused-ring (bicyclic) bond motifs is 1. The molecule has 30 heavy (non-hydrogen) atoms. The van der Waals surface area contributed by atoms with Crippen LogP contribution in [-0.4, -0.2) is 106 Å². The van der Waals surface area contributed by atoms with E-state index in [0.29, 0.717) is 18.3 Å². The second kappa shape index (κ2) is 10.9. The van der Waals surface area contributed by atoms with Crippen LogP contribution in [0, 0.1) is 11.8 Å². The SMILES string of the molecule is CN1CCN([C@@H]2C[C@@H]3CN(C(=O)CCCn4cccn4)C[C@@H]3C[C@H]2O)CC1.O=CO. The first-order valence-electron chi connectivity index (χ1n) is 11.0. The number of likely N-dealkylation sites (tertiary alicyclic amines) is 1. The van der Waals surface area contributed by atoms with E-state index in [9.17, 15) is 9.90 Å². The zero-order valence-corrected chi connectivity index (χ0v) is 17.8. The van der Waals surface area contributed by atoms with Crippen molar-refractivity contribution in [3.8, 4) is 0 Å². The Morgan fingerprint density at radius 1 is 1.17 bits per heavy atom. The van der Waals surface area contributed by atoms with Crippen molar-refractivity contribution >= 4 is 12.4 Å². The Labute approximate surface area is 178 Å². The van der Waals surface area contributed by atoms with E-state index >= 15 is 0 Å². The number of likely N-dealkylation sites (N-methyl/N-ethyl adjacent to an activating group) is 1. The Hall–Kier alpha value is -1.97. The van der Waals surface area contributed by atoms with E-state index < -0.39 is 0 Å². The van der Waals surface area contributed by atoms with Crippen LogP contribution < -0.4 is 0 Å². The summed E-state index contributed by atoms with van der Waals surface area (Å²) in [7, 11) is 2.16. The number of carbonyl (C=O) groups excluding carboxylic acids is 1. The smallest absolute Gasteiger partial charge is 0.290 e. The summed E-state index contributed by atoms with van der Waals surface area (Å²) in [5.41, 5.74) is 0. The molecule has 4 atom stereocenters. The first-order valence-corrected chi connectivity index (χ1v) is 11.0. The van der Waals surface area contributed by atoms with Gasteiger partial charge >= 0.3 is 0 Å². The number of aliphatic hydroxyl groups is 1. The highest BCUT2D eigenvalue weighted by Crippen LogP contribution is 2.38. The summed E-state index contributed by atoms with van der Waals surface area (Å²) in [5, 5.41) is 21.8. The van der Waals surface area contributed by atoms with Gasteiger partial charge in [-0.3, -0.25) is 19.2 Å². The van der Waals surface area contributed by atoms with Gasteiger partial charge in [-0.05, 0) is 44.2 Å². The quantitative estimate of drug-likeness (QED) is 0.655. The van der Waals surface area contributed by atoms with Crippen molar-refractivity contribution in [3.05, 3.63) is 18.5 Å². The Morgan fingerprint density at radius 2 is 1.83 bits per heavy atom. The van der Waals surface area contributed by atoms with Crippen LogP contribution in [0.2, 0.25) is 0 Å². The first kappa shape index (κ1) is 22.7. The molecule has 9 heteroatoms. The van der Waals surface area contributed by atoms with Crippen molar-refractivity contribution in [2.24, 2.45) is 11.8 Å². The molecule has 9 nitrogen and oxygen atoms in total. The molecule has 1 aromatic heterocycles. The molecule has 0 unspecified atom stereocenters. The maximum absolute atomic E-state index is 12.6. The number of carboxylic acid groups (broad SMARTS) is 1. The lowest BCUT2D eigenvalue weighted by molar-refractivity contribution is -0.130. The molecule has 168 valence electrons. The zero-order chi connectivity index (χ0) is 21.5. The molecule has 1 aromatic rings. The van der Waals surface area contributed by atoms with Crippen LogP contribution in [0.1, 0.15) is 25.7 Å². The Morgan fingerprint density at radius 3 is 2.47 bits per heavy atom. The summed E-state index contributed by atoms with van der Waals surface area (Å²) in [4.78, 5) is 27.9. The fraction of sp³-hybridized carbons (Fsp3) is 0.762. The van der Waals surface area contributed by atoms with Gasteiger partial charge in [0.05, 0.1) is 6.10 Å². The zero-order valence-electron chi connectivity index (χ0n) is 17.8. The Bertz CT molecular complexity index is 662. The minimum atomic E-state index is -0.250. The lowest BCUT2D eigenvalue weighted by atomic mass is 9.77. The van der Waals surface area contributed by atoms with Gasteiger partial charge in [-0.15, -0.1) is 0 Å². The largest absolute Gasteiger partial charge is 0.483 e. The van der Waals surface area contributed by atoms with E-state index in [-0.39, 0.29) is 24.5 Å². The van der Waals surface area contributed by atoms with Crippen LogP contribution in [0.5, 0.6) is 0 Å². The number of aromatic nitrogens is 2. The highest BCUT2D eigenvalue weighted by Gasteiger charge is 2.44. The molecule has 2 N–H and O–H groups in total.